The summed E-state index contributed by atoms with van der Waals surface area (Å²) in [5.74, 6) is -0.401. The molecule has 6 atom stereocenters. The Labute approximate surface area is 145 Å². The van der Waals surface area contributed by atoms with Gasteiger partial charge in [0.15, 0.2) is 0 Å². The molecule has 2 saturated carbocycles. The Morgan fingerprint density at radius 2 is 1.75 bits per heavy atom. The lowest BCUT2D eigenvalue weighted by Crippen LogP contribution is -2.69. The van der Waals surface area contributed by atoms with E-state index in [9.17, 15) is 20.1 Å². The van der Waals surface area contributed by atoms with E-state index in [0.29, 0.717) is 0 Å². The fourth-order valence-electron chi connectivity index (χ4n) is 5.53. The molecule has 0 aromatic carbocycles. The second-order valence-electron chi connectivity index (χ2n) is 8.87. The Morgan fingerprint density at radius 3 is 2.33 bits per heavy atom. The fourth-order valence-corrected chi connectivity index (χ4v) is 5.53. The van der Waals surface area contributed by atoms with Gasteiger partial charge in [-0.25, -0.2) is 0 Å². The molecule has 0 aromatic rings. The third kappa shape index (κ3) is 3.00. The molecule has 0 spiro atoms. The maximum Gasteiger partial charge on any atom is 0.143 e. The number of allylic oxidation sites excluding steroid dienone is 3. The average Bonchev–Trinajstić information content (AvgIpc) is 2.44. The highest BCUT2D eigenvalue weighted by atomic mass is 16.4. The molecule has 0 aliphatic heterocycles. The van der Waals surface area contributed by atoms with E-state index in [1.807, 2.05) is 19.1 Å². The van der Waals surface area contributed by atoms with Crippen LogP contribution in [0.5, 0.6) is 0 Å². The van der Waals surface area contributed by atoms with Crippen LogP contribution in [0.25, 0.3) is 0 Å². The van der Waals surface area contributed by atoms with Crippen molar-refractivity contribution in [3.63, 3.8) is 0 Å². The van der Waals surface area contributed by atoms with Crippen LogP contribution in [0.3, 0.4) is 0 Å². The second kappa shape index (κ2) is 6.40. The van der Waals surface area contributed by atoms with Crippen molar-refractivity contribution in [3.05, 3.63) is 23.8 Å². The van der Waals surface area contributed by atoms with Crippen LogP contribution in [0, 0.1) is 22.7 Å². The average molecular weight is 336 g/mol. The molecule has 3 N–H and O–H groups in total. The van der Waals surface area contributed by atoms with Gasteiger partial charge in [-0.1, -0.05) is 39.3 Å². The van der Waals surface area contributed by atoms with Crippen molar-refractivity contribution >= 4 is 6.29 Å². The minimum atomic E-state index is -1.42. The number of hydrogen-bond acceptors (Lipinski definition) is 4. The van der Waals surface area contributed by atoms with E-state index < -0.39 is 17.8 Å². The SMILES string of the molecule is CC(=C/C=O)/C=C/[C@H]1[C@](C)(O)[C@@H](O)[C@H](O)[C@H]2C(C)(C)CCC[C@]21C. The Morgan fingerprint density at radius 1 is 1.12 bits per heavy atom. The number of aliphatic hydroxyl groups is 3. The van der Waals surface area contributed by atoms with Crippen LogP contribution < -0.4 is 0 Å². The van der Waals surface area contributed by atoms with Crippen LogP contribution >= 0.6 is 0 Å². The lowest BCUT2D eigenvalue weighted by atomic mass is 9.44. The fraction of sp³-hybridized carbons (Fsp3) is 0.750. The van der Waals surface area contributed by atoms with Crippen LogP contribution in [0.4, 0.5) is 0 Å². The molecule has 0 aromatic heterocycles. The lowest BCUT2D eigenvalue weighted by molar-refractivity contribution is -0.255. The van der Waals surface area contributed by atoms with Gasteiger partial charge in [-0.3, -0.25) is 4.79 Å². The lowest BCUT2D eigenvalue weighted by Gasteiger charge is -2.63. The molecule has 24 heavy (non-hydrogen) atoms. The largest absolute Gasteiger partial charge is 0.390 e. The molecule has 0 saturated heterocycles. The van der Waals surface area contributed by atoms with Gasteiger partial charge in [0.2, 0.25) is 0 Å². The molecular weight excluding hydrogens is 304 g/mol. The van der Waals surface area contributed by atoms with Gasteiger partial charge in [0.1, 0.15) is 12.4 Å². The zero-order chi connectivity index (χ0) is 18.3. The van der Waals surface area contributed by atoms with Gasteiger partial charge in [0.05, 0.1) is 11.7 Å². The van der Waals surface area contributed by atoms with E-state index in [-0.39, 0.29) is 22.7 Å². The zero-order valence-corrected chi connectivity index (χ0v) is 15.5. The monoisotopic (exact) mass is 336 g/mol. The number of carbonyl (C=O) groups is 1. The Kier molecular flexibility index (Phi) is 5.16. The smallest absolute Gasteiger partial charge is 0.143 e. The molecule has 136 valence electrons. The van der Waals surface area contributed by atoms with Gasteiger partial charge in [-0.2, -0.15) is 0 Å². The first-order valence-electron chi connectivity index (χ1n) is 8.87. The third-order valence-corrected chi connectivity index (χ3v) is 6.58. The van der Waals surface area contributed by atoms with E-state index in [0.717, 1.165) is 31.1 Å². The topological polar surface area (TPSA) is 77.8 Å². The zero-order valence-electron chi connectivity index (χ0n) is 15.5. The maximum absolute atomic E-state index is 11.0. The standard InChI is InChI=1S/C20H32O4/c1-13(9-12-21)7-8-14-19(4)11-6-10-18(2,3)16(19)15(22)17(23)20(14,5)24/h7-9,12,14-17,22-24H,6,10-11H2,1-5H3/b8-7+,13-9-/t14-,15-,16+,17+,19+,20+/m1/s1. The van der Waals surface area contributed by atoms with Crippen molar-refractivity contribution in [1.82, 2.24) is 0 Å². The second-order valence-corrected chi connectivity index (χ2v) is 8.87. The molecule has 0 amide bonds. The van der Waals surface area contributed by atoms with Crippen molar-refractivity contribution in [3.8, 4) is 0 Å². The summed E-state index contributed by atoms with van der Waals surface area (Å²) < 4.78 is 0. The van der Waals surface area contributed by atoms with E-state index in [4.69, 9.17) is 0 Å². The van der Waals surface area contributed by atoms with E-state index >= 15 is 0 Å². The highest BCUT2D eigenvalue weighted by Gasteiger charge is 2.64. The van der Waals surface area contributed by atoms with Crippen LogP contribution in [0.2, 0.25) is 0 Å². The normalized spacial score (nSPS) is 45.9. The quantitative estimate of drug-likeness (QED) is 0.421. The molecule has 2 rings (SSSR count). The first-order chi connectivity index (χ1) is 11.0. The predicted octanol–water partition coefficient (Wildman–Crippen LogP) is 2.62. The van der Waals surface area contributed by atoms with Gasteiger partial charge < -0.3 is 15.3 Å². The first kappa shape index (κ1) is 19.4. The summed E-state index contributed by atoms with van der Waals surface area (Å²) in [5, 5.41) is 32.5. The van der Waals surface area contributed by atoms with Crippen LogP contribution in [-0.2, 0) is 4.79 Å². The minimum Gasteiger partial charge on any atom is -0.390 e. The number of aliphatic hydroxyl groups excluding tert-OH is 2. The van der Waals surface area contributed by atoms with Gasteiger partial charge >= 0.3 is 0 Å². The van der Waals surface area contributed by atoms with E-state index in [2.05, 4.69) is 20.8 Å². The van der Waals surface area contributed by atoms with Gasteiger partial charge in [0.25, 0.3) is 0 Å². The molecule has 4 nitrogen and oxygen atoms in total. The summed E-state index contributed by atoms with van der Waals surface area (Å²) in [7, 11) is 0. The maximum atomic E-state index is 11.0. The third-order valence-electron chi connectivity index (χ3n) is 6.58. The summed E-state index contributed by atoms with van der Waals surface area (Å²) in [5.41, 5.74) is -1.04. The number of rotatable bonds is 3. The number of hydrogen-bond donors (Lipinski definition) is 3. The summed E-state index contributed by atoms with van der Waals surface area (Å²) in [6.45, 7) is 9.85. The summed E-state index contributed by atoms with van der Waals surface area (Å²) in [6, 6.07) is 0. The summed E-state index contributed by atoms with van der Waals surface area (Å²) in [4.78, 5) is 10.6. The highest BCUT2D eigenvalue weighted by Crippen LogP contribution is 2.62. The van der Waals surface area contributed by atoms with Crippen molar-refractivity contribution < 1.29 is 20.1 Å². The van der Waals surface area contributed by atoms with Crippen LogP contribution in [0.15, 0.2) is 23.8 Å². The summed E-state index contributed by atoms with van der Waals surface area (Å²) >= 11 is 0. The van der Waals surface area contributed by atoms with Crippen LogP contribution in [0.1, 0.15) is 53.9 Å². The van der Waals surface area contributed by atoms with Crippen LogP contribution in [-0.4, -0.2) is 39.4 Å². The Hall–Kier alpha value is -0.970. The number of fused-ring (bicyclic) bond motifs is 1. The molecule has 2 fully saturated rings. The molecule has 4 heteroatoms. The van der Waals surface area contributed by atoms with Crippen molar-refractivity contribution in [2.24, 2.45) is 22.7 Å². The molecule has 0 heterocycles. The Balaban J connectivity index is 2.52. The highest BCUT2D eigenvalue weighted by molar-refractivity contribution is 5.66. The van der Waals surface area contributed by atoms with E-state index in [1.165, 1.54) is 6.08 Å². The number of aldehydes is 1. The summed E-state index contributed by atoms with van der Waals surface area (Å²) in [6.07, 6.45) is 6.75. The Bertz CT molecular complexity index is 546. The number of carbonyl (C=O) groups excluding carboxylic acids is 1. The van der Waals surface area contributed by atoms with Gasteiger partial charge in [-0.05, 0) is 55.1 Å². The van der Waals surface area contributed by atoms with Gasteiger partial charge in [0, 0.05) is 5.92 Å². The molecule has 2 aliphatic rings. The minimum absolute atomic E-state index is 0.0982. The van der Waals surface area contributed by atoms with Crippen molar-refractivity contribution in [2.45, 2.75) is 71.7 Å². The first-order valence-corrected chi connectivity index (χ1v) is 8.87. The van der Waals surface area contributed by atoms with Gasteiger partial charge in [-0.15, -0.1) is 0 Å². The van der Waals surface area contributed by atoms with E-state index in [1.54, 1.807) is 6.92 Å². The molecule has 0 radical (unpaired) electrons. The molecular formula is C20H32O4. The van der Waals surface area contributed by atoms with Crippen molar-refractivity contribution in [2.75, 3.05) is 0 Å². The molecule has 0 unspecified atom stereocenters. The molecule has 2 aliphatic carbocycles. The van der Waals surface area contributed by atoms with Crippen molar-refractivity contribution in [1.29, 1.82) is 0 Å². The molecule has 0 bridgehead atoms. The predicted molar refractivity (Wildman–Crippen MR) is 94.3 cm³/mol.